The van der Waals surface area contributed by atoms with Crippen molar-refractivity contribution in [3.8, 4) is 17.2 Å². The van der Waals surface area contributed by atoms with Crippen LogP contribution in [0.15, 0.2) is 23.3 Å². The molecule has 0 spiro atoms. The molecular formula is C19H24O5. The summed E-state index contributed by atoms with van der Waals surface area (Å²) in [4.78, 5) is 12.2. The molecule has 1 N–H and O–H groups in total. The van der Waals surface area contributed by atoms with Crippen molar-refractivity contribution in [3.63, 3.8) is 0 Å². The van der Waals surface area contributed by atoms with Crippen LogP contribution < -0.4 is 9.47 Å². The van der Waals surface area contributed by atoms with Gasteiger partial charge in [0.25, 0.3) is 0 Å². The van der Waals surface area contributed by atoms with E-state index < -0.39 is 0 Å². The van der Waals surface area contributed by atoms with Crippen molar-refractivity contribution in [1.82, 2.24) is 0 Å². The fraction of sp³-hybridized carbons (Fsp3) is 0.526. The minimum Gasteiger partial charge on any atom is -0.508 e. The number of ether oxygens (including phenoxy) is 3. The Morgan fingerprint density at radius 2 is 1.96 bits per heavy atom. The van der Waals surface area contributed by atoms with Gasteiger partial charge in [0.05, 0.1) is 12.5 Å². The van der Waals surface area contributed by atoms with Gasteiger partial charge in [-0.1, -0.05) is 18.1 Å². The standard InChI is InChI=1S/C19H24O5/c1-4-12-11(3)13(19(21)22-5-2)6-7-14(12)15-8-17-18(9-16(15)20)24-10-23-17/h8-9,13-14,20H,4-7,10H2,1-3H3/t13-,14-/m0/s1. The minimum atomic E-state index is -0.174. The Bertz CT molecular complexity index is 677. The van der Waals surface area contributed by atoms with Crippen LogP contribution in [0.4, 0.5) is 0 Å². The van der Waals surface area contributed by atoms with Crippen LogP contribution in [-0.2, 0) is 9.53 Å². The third-order valence-corrected chi connectivity index (χ3v) is 5.04. The normalized spacial score (nSPS) is 22.6. The summed E-state index contributed by atoms with van der Waals surface area (Å²) in [5.41, 5.74) is 3.12. The number of phenols is 1. The molecule has 0 amide bonds. The van der Waals surface area contributed by atoms with Crippen LogP contribution in [0.3, 0.4) is 0 Å². The Balaban J connectivity index is 1.96. The number of hydrogen-bond acceptors (Lipinski definition) is 5. The molecule has 130 valence electrons. The lowest BCUT2D eigenvalue weighted by atomic mass is 9.73. The first-order valence-corrected chi connectivity index (χ1v) is 8.55. The van der Waals surface area contributed by atoms with Gasteiger partial charge in [-0.25, -0.2) is 0 Å². The highest BCUT2D eigenvalue weighted by molar-refractivity contribution is 5.76. The average molecular weight is 332 g/mol. The predicted molar refractivity (Wildman–Crippen MR) is 89.3 cm³/mol. The monoisotopic (exact) mass is 332 g/mol. The molecular weight excluding hydrogens is 308 g/mol. The van der Waals surface area contributed by atoms with E-state index in [0.717, 1.165) is 30.4 Å². The van der Waals surface area contributed by atoms with Crippen LogP contribution in [-0.4, -0.2) is 24.5 Å². The van der Waals surface area contributed by atoms with Gasteiger partial charge in [0.15, 0.2) is 11.5 Å². The van der Waals surface area contributed by atoms with Gasteiger partial charge in [-0.3, -0.25) is 4.79 Å². The molecule has 1 aromatic rings. The van der Waals surface area contributed by atoms with Crippen LogP contribution in [0.5, 0.6) is 17.2 Å². The topological polar surface area (TPSA) is 65.0 Å². The summed E-state index contributed by atoms with van der Waals surface area (Å²) in [6.45, 7) is 6.51. The second-order valence-electron chi connectivity index (χ2n) is 6.26. The molecule has 2 aliphatic rings. The van der Waals surface area contributed by atoms with Gasteiger partial charge in [-0.05, 0) is 39.2 Å². The van der Waals surface area contributed by atoms with E-state index >= 15 is 0 Å². The van der Waals surface area contributed by atoms with Crippen LogP contribution >= 0.6 is 0 Å². The van der Waals surface area contributed by atoms with Crippen LogP contribution in [0.25, 0.3) is 0 Å². The maximum atomic E-state index is 12.2. The zero-order chi connectivity index (χ0) is 17.3. The molecule has 0 saturated carbocycles. The number of carbonyl (C=O) groups excluding carboxylic acids is 1. The molecule has 1 aromatic carbocycles. The van der Waals surface area contributed by atoms with E-state index in [1.165, 1.54) is 5.57 Å². The van der Waals surface area contributed by atoms with E-state index in [1.54, 1.807) is 6.07 Å². The highest BCUT2D eigenvalue weighted by Crippen LogP contribution is 2.48. The molecule has 0 unspecified atom stereocenters. The number of benzene rings is 1. The molecule has 0 fully saturated rings. The van der Waals surface area contributed by atoms with Gasteiger partial charge in [0.2, 0.25) is 6.79 Å². The fourth-order valence-corrected chi connectivity index (χ4v) is 3.85. The van der Waals surface area contributed by atoms with Gasteiger partial charge in [-0.15, -0.1) is 0 Å². The van der Waals surface area contributed by atoms with Crippen molar-refractivity contribution >= 4 is 5.97 Å². The number of carbonyl (C=O) groups is 1. The first kappa shape index (κ1) is 16.7. The average Bonchev–Trinajstić information content (AvgIpc) is 3.01. The molecule has 0 radical (unpaired) electrons. The largest absolute Gasteiger partial charge is 0.508 e. The molecule has 3 rings (SSSR count). The number of hydrogen-bond donors (Lipinski definition) is 1. The van der Waals surface area contributed by atoms with Crippen molar-refractivity contribution < 1.29 is 24.1 Å². The fourth-order valence-electron chi connectivity index (χ4n) is 3.85. The minimum absolute atomic E-state index is 0.0928. The number of aromatic hydroxyl groups is 1. The van der Waals surface area contributed by atoms with Crippen LogP contribution in [0.2, 0.25) is 0 Å². The summed E-state index contributed by atoms with van der Waals surface area (Å²) in [5, 5.41) is 10.4. The van der Waals surface area contributed by atoms with E-state index in [-0.39, 0.29) is 30.3 Å². The lowest BCUT2D eigenvalue weighted by Gasteiger charge is -2.32. The van der Waals surface area contributed by atoms with E-state index in [0.29, 0.717) is 18.1 Å². The molecule has 5 nitrogen and oxygen atoms in total. The van der Waals surface area contributed by atoms with Gasteiger partial charge >= 0.3 is 5.97 Å². The van der Waals surface area contributed by atoms with Gasteiger partial charge in [0.1, 0.15) is 5.75 Å². The van der Waals surface area contributed by atoms with Crippen molar-refractivity contribution in [3.05, 3.63) is 28.8 Å². The van der Waals surface area contributed by atoms with Crippen molar-refractivity contribution in [1.29, 1.82) is 0 Å². The number of rotatable bonds is 4. The van der Waals surface area contributed by atoms with Gasteiger partial charge in [-0.2, -0.15) is 0 Å². The second-order valence-corrected chi connectivity index (χ2v) is 6.26. The molecule has 1 aliphatic carbocycles. The summed E-state index contributed by atoms with van der Waals surface area (Å²) in [7, 11) is 0. The lowest BCUT2D eigenvalue weighted by molar-refractivity contribution is -0.147. The summed E-state index contributed by atoms with van der Waals surface area (Å²) in [6.07, 6.45) is 2.37. The molecule has 2 atom stereocenters. The van der Waals surface area contributed by atoms with E-state index in [1.807, 2.05) is 19.9 Å². The summed E-state index contributed by atoms with van der Waals surface area (Å²) >= 11 is 0. The quantitative estimate of drug-likeness (QED) is 0.669. The highest BCUT2D eigenvalue weighted by Gasteiger charge is 2.34. The maximum absolute atomic E-state index is 12.2. The predicted octanol–water partition coefficient (Wildman–Crippen LogP) is 3.90. The van der Waals surface area contributed by atoms with Crippen molar-refractivity contribution in [2.45, 2.75) is 46.0 Å². The van der Waals surface area contributed by atoms with E-state index in [2.05, 4.69) is 6.92 Å². The number of fused-ring (bicyclic) bond motifs is 1. The maximum Gasteiger partial charge on any atom is 0.313 e. The highest BCUT2D eigenvalue weighted by atomic mass is 16.7. The Morgan fingerprint density at radius 3 is 2.62 bits per heavy atom. The first-order chi connectivity index (χ1) is 11.6. The summed E-state index contributed by atoms with van der Waals surface area (Å²) < 4.78 is 16.0. The second kappa shape index (κ2) is 6.75. The third-order valence-electron chi connectivity index (χ3n) is 5.04. The zero-order valence-corrected chi connectivity index (χ0v) is 14.4. The smallest absolute Gasteiger partial charge is 0.313 e. The third kappa shape index (κ3) is 2.83. The Kier molecular flexibility index (Phi) is 4.69. The number of phenolic OH excluding ortho intramolecular Hbond substituents is 1. The Hall–Kier alpha value is -2.17. The Morgan fingerprint density at radius 1 is 1.25 bits per heavy atom. The molecule has 24 heavy (non-hydrogen) atoms. The van der Waals surface area contributed by atoms with Gasteiger partial charge in [0, 0.05) is 17.5 Å². The van der Waals surface area contributed by atoms with Gasteiger partial charge < -0.3 is 19.3 Å². The first-order valence-electron chi connectivity index (χ1n) is 8.55. The molecule has 0 aromatic heterocycles. The molecule has 5 heteroatoms. The zero-order valence-electron chi connectivity index (χ0n) is 14.4. The van der Waals surface area contributed by atoms with Crippen molar-refractivity contribution in [2.24, 2.45) is 5.92 Å². The number of allylic oxidation sites excluding steroid dienone is 1. The SMILES string of the molecule is CCOC(=O)[C@H]1CC[C@H](c2cc3c(cc2O)OCO3)C(CC)=C1C. The van der Waals surface area contributed by atoms with E-state index in [4.69, 9.17) is 14.2 Å². The molecule has 1 heterocycles. The van der Waals surface area contributed by atoms with E-state index in [9.17, 15) is 9.90 Å². The Labute approximate surface area is 142 Å². The van der Waals surface area contributed by atoms with Crippen LogP contribution in [0.1, 0.15) is 51.5 Å². The number of esters is 1. The lowest BCUT2D eigenvalue weighted by Crippen LogP contribution is -2.25. The summed E-state index contributed by atoms with van der Waals surface area (Å²) in [6, 6.07) is 3.49. The van der Waals surface area contributed by atoms with Crippen LogP contribution in [0, 0.1) is 5.92 Å². The summed E-state index contributed by atoms with van der Waals surface area (Å²) in [5.74, 6) is 1.24. The molecule has 1 aliphatic heterocycles. The molecule has 0 saturated heterocycles. The van der Waals surface area contributed by atoms with Crippen molar-refractivity contribution in [2.75, 3.05) is 13.4 Å². The molecule has 0 bridgehead atoms.